The molecule has 0 aliphatic carbocycles. The van der Waals surface area contributed by atoms with Gasteiger partial charge in [0.25, 0.3) is 0 Å². The Labute approximate surface area is 144 Å². The first kappa shape index (κ1) is 20.9. The predicted octanol–water partition coefficient (Wildman–Crippen LogP) is 3.91. The van der Waals surface area contributed by atoms with Crippen LogP contribution in [0.4, 0.5) is 17.6 Å². The van der Waals surface area contributed by atoms with Gasteiger partial charge in [-0.1, -0.05) is 19.9 Å². The summed E-state index contributed by atoms with van der Waals surface area (Å²) >= 11 is 0. The summed E-state index contributed by atoms with van der Waals surface area (Å²) in [5.74, 6) is -0.370. The molecule has 0 radical (unpaired) electrons. The van der Waals surface area contributed by atoms with Crippen LogP contribution >= 0.6 is 24.0 Å². The van der Waals surface area contributed by atoms with Gasteiger partial charge in [0, 0.05) is 6.54 Å². The Morgan fingerprint density at radius 3 is 2.50 bits per heavy atom. The Balaban J connectivity index is 0.00000441. The summed E-state index contributed by atoms with van der Waals surface area (Å²) in [4.78, 5) is 3.86. The predicted molar refractivity (Wildman–Crippen MR) is 89.6 cm³/mol. The fourth-order valence-corrected chi connectivity index (χ4v) is 1.67. The molecule has 0 amide bonds. The van der Waals surface area contributed by atoms with Crippen LogP contribution in [0.1, 0.15) is 31.4 Å². The molecule has 0 saturated carbocycles. The maximum atomic E-state index is 12.9. The van der Waals surface area contributed by atoms with Crippen molar-refractivity contribution >= 4 is 29.9 Å². The molecule has 3 N–H and O–H groups in total. The molecule has 0 unspecified atom stereocenters. The number of nitrogens with one attached hydrogen (secondary N) is 1. The lowest BCUT2D eigenvalue weighted by atomic mass is 10.1. The number of nitrogens with zero attached hydrogens (tertiary/aromatic N) is 1. The van der Waals surface area contributed by atoms with Crippen molar-refractivity contribution in [3.63, 3.8) is 0 Å². The largest absolute Gasteiger partial charge is 0.416 e. The molecule has 1 rings (SSSR count). The van der Waals surface area contributed by atoms with Gasteiger partial charge in [-0.15, -0.1) is 24.0 Å². The molecule has 0 bridgehead atoms. The van der Waals surface area contributed by atoms with Gasteiger partial charge in [-0.05, 0) is 30.0 Å². The molecule has 0 fully saturated rings. The number of rotatable bonds is 5. The van der Waals surface area contributed by atoms with Crippen LogP contribution in [0.5, 0.6) is 0 Å². The third-order valence-electron chi connectivity index (χ3n) is 2.82. The van der Waals surface area contributed by atoms with E-state index in [4.69, 9.17) is 5.73 Å². The van der Waals surface area contributed by atoms with Crippen LogP contribution in [0.15, 0.2) is 23.2 Å². The fraction of sp³-hybridized carbons (Fsp3) is 0.500. The molecule has 126 valence electrons. The maximum absolute atomic E-state index is 12.9. The smallest absolute Gasteiger partial charge is 0.370 e. The Hall–Kier alpha value is -1.06. The highest BCUT2D eigenvalue weighted by Crippen LogP contribution is 2.32. The lowest BCUT2D eigenvalue weighted by Gasteiger charge is -2.12. The van der Waals surface area contributed by atoms with Crippen molar-refractivity contribution in [1.29, 1.82) is 0 Å². The Bertz CT molecular complexity index is 501. The number of halogens is 5. The highest BCUT2D eigenvalue weighted by molar-refractivity contribution is 14.0. The topological polar surface area (TPSA) is 50.4 Å². The molecule has 0 atom stereocenters. The second-order valence-corrected chi connectivity index (χ2v) is 5.11. The van der Waals surface area contributed by atoms with Crippen molar-refractivity contribution in [1.82, 2.24) is 5.32 Å². The zero-order chi connectivity index (χ0) is 16.0. The zero-order valence-corrected chi connectivity index (χ0v) is 14.7. The molecule has 8 heteroatoms. The van der Waals surface area contributed by atoms with E-state index in [2.05, 4.69) is 10.3 Å². The molecule has 0 aromatic heterocycles. The summed E-state index contributed by atoms with van der Waals surface area (Å²) in [6, 6.07) is 2.51. The monoisotopic (exact) mass is 433 g/mol. The van der Waals surface area contributed by atoms with Crippen molar-refractivity contribution in [2.75, 3.05) is 6.54 Å². The summed E-state index contributed by atoms with van der Waals surface area (Å²) in [6.07, 6.45) is -3.74. The Morgan fingerprint density at radius 2 is 1.95 bits per heavy atom. The van der Waals surface area contributed by atoms with E-state index in [1.54, 1.807) is 0 Å². The summed E-state index contributed by atoms with van der Waals surface area (Å²) < 4.78 is 51.3. The van der Waals surface area contributed by atoms with Gasteiger partial charge in [0.05, 0.1) is 12.1 Å². The number of hydrogen-bond donors (Lipinski definition) is 2. The van der Waals surface area contributed by atoms with Gasteiger partial charge in [-0.3, -0.25) is 0 Å². The molecular formula is C14H20F4IN3. The quantitative estimate of drug-likeness (QED) is 0.320. The Kier molecular flexibility index (Phi) is 8.72. The van der Waals surface area contributed by atoms with Gasteiger partial charge in [0.1, 0.15) is 5.82 Å². The number of alkyl halides is 3. The second-order valence-electron chi connectivity index (χ2n) is 5.11. The highest BCUT2D eigenvalue weighted by atomic mass is 127. The SMILES string of the molecule is CC(C)CCNC(N)=NCc1ccc(F)cc1C(F)(F)F.I. The minimum atomic E-state index is -4.62. The minimum Gasteiger partial charge on any atom is -0.370 e. The number of benzene rings is 1. The van der Waals surface area contributed by atoms with E-state index in [1.165, 1.54) is 0 Å². The standard InChI is InChI=1S/C14H19F4N3.HI/c1-9(2)5-6-20-13(19)21-8-10-3-4-11(15)7-12(10)14(16,17)18;/h3-4,7,9H,5-6,8H2,1-2H3,(H3,19,20,21);1H. The van der Waals surface area contributed by atoms with E-state index in [-0.39, 0.29) is 42.0 Å². The molecule has 0 heterocycles. The van der Waals surface area contributed by atoms with E-state index < -0.39 is 17.6 Å². The number of guanidine groups is 1. The molecule has 0 aliphatic rings. The first-order chi connectivity index (χ1) is 9.70. The lowest BCUT2D eigenvalue weighted by molar-refractivity contribution is -0.138. The van der Waals surface area contributed by atoms with Gasteiger partial charge in [-0.25, -0.2) is 9.38 Å². The first-order valence-electron chi connectivity index (χ1n) is 6.59. The number of hydrogen-bond acceptors (Lipinski definition) is 1. The van der Waals surface area contributed by atoms with E-state index >= 15 is 0 Å². The van der Waals surface area contributed by atoms with Crippen LogP contribution in [0.3, 0.4) is 0 Å². The van der Waals surface area contributed by atoms with E-state index in [0.29, 0.717) is 18.5 Å². The third-order valence-corrected chi connectivity index (χ3v) is 2.82. The number of aliphatic imine (C=N–C) groups is 1. The van der Waals surface area contributed by atoms with Crippen LogP contribution in [0, 0.1) is 11.7 Å². The molecule has 1 aromatic rings. The third kappa shape index (κ3) is 7.28. The van der Waals surface area contributed by atoms with Crippen LogP contribution in [0.2, 0.25) is 0 Å². The molecule has 1 aromatic carbocycles. The molecule has 0 spiro atoms. The van der Waals surface area contributed by atoms with Gasteiger partial charge in [0.2, 0.25) is 0 Å². The highest BCUT2D eigenvalue weighted by Gasteiger charge is 2.33. The summed E-state index contributed by atoms with van der Waals surface area (Å²) in [6.45, 7) is 4.43. The normalized spacial score (nSPS) is 12.2. The molecule has 22 heavy (non-hydrogen) atoms. The maximum Gasteiger partial charge on any atom is 0.416 e. The second kappa shape index (κ2) is 9.16. The van der Waals surface area contributed by atoms with Gasteiger partial charge in [0.15, 0.2) is 5.96 Å². The van der Waals surface area contributed by atoms with Crippen LogP contribution in [0.25, 0.3) is 0 Å². The van der Waals surface area contributed by atoms with Crippen LogP contribution in [-0.4, -0.2) is 12.5 Å². The minimum absolute atomic E-state index is 0. The average molecular weight is 433 g/mol. The summed E-state index contributed by atoms with van der Waals surface area (Å²) in [5, 5.41) is 2.83. The van der Waals surface area contributed by atoms with Crippen LogP contribution in [-0.2, 0) is 12.7 Å². The average Bonchev–Trinajstić information content (AvgIpc) is 2.35. The van der Waals surface area contributed by atoms with Crippen molar-refractivity contribution in [2.24, 2.45) is 16.6 Å². The van der Waals surface area contributed by atoms with E-state index in [0.717, 1.165) is 18.6 Å². The van der Waals surface area contributed by atoms with Crippen molar-refractivity contribution < 1.29 is 17.6 Å². The van der Waals surface area contributed by atoms with Gasteiger partial charge < -0.3 is 11.1 Å². The molecule has 0 saturated heterocycles. The molecule has 3 nitrogen and oxygen atoms in total. The van der Waals surface area contributed by atoms with Crippen LogP contribution < -0.4 is 11.1 Å². The fourth-order valence-electron chi connectivity index (χ4n) is 1.67. The van der Waals surface area contributed by atoms with E-state index in [9.17, 15) is 17.6 Å². The number of nitrogens with two attached hydrogens (primary N) is 1. The van der Waals surface area contributed by atoms with Gasteiger partial charge >= 0.3 is 6.18 Å². The Morgan fingerprint density at radius 1 is 1.32 bits per heavy atom. The molecular weight excluding hydrogens is 413 g/mol. The van der Waals surface area contributed by atoms with Crippen molar-refractivity contribution in [2.45, 2.75) is 33.0 Å². The summed E-state index contributed by atoms with van der Waals surface area (Å²) in [7, 11) is 0. The molecule has 0 aliphatic heterocycles. The van der Waals surface area contributed by atoms with Crippen molar-refractivity contribution in [3.05, 3.63) is 35.1 Å². The first-order valence-corrected chi connectivity index (χ1v) is 6.59. The lowest BCUT2D eigenvalue weighted by Crippen LogP contribution is -2.33. The summed E-state index contributed by atoms with van der Waals surface area (Å²) in [5.41, 5.74) is 4.44. The van der Waals surface area contributed by atoms with Gasteiger partial charge in [-0.2, -0.15) is 13.2 Å². The van der Waals surface area contributed by atoms with E-state index in [1.807, 2.05) is 13.8 Å². The zero-order valence-electron chi connectivity index (χ0n) is 12.4. The van der Waals surface area contributed by atoms with Crippen molar-refractivity contribution in [3.8, 4) is 0 Å².